The summed E-state index contributed by atoms with van der Waals surface area (Å²) in [4.78, 5) is 24.9. The molecule has 0 fully saturated rings. The second kappa shape index (κ2) is 8.43. The number of carbonyl (C=O) groups excluding carboxylic acids is 2. The van der Waals surface area contributed by atoms with Gasteiger partial charge in [-0.1, -0.05) is 31.2 Å². The first-order valence-electron chi connectivity index (χ1n) is 8.73. The highest BCUT2D eigenvalue weighted by Gasteiger charge is 2.13. The van der Waals surface area contributed by atoms with Crippen LogP contribution in [0.2, 0.25) is 0 Å². The minimum Gasteiger partial charge on any atom is -0.322 e. The van der Waals surface area contributed by atoms with Gasteiger partial charge in [0.15, 0.2) is 11.6 Å². The van der Waals surface area contributed by atoms with Crippen LogP contribution in [0.4, 0.5) is 20.2 Å². The van der Waals surface area contributed by atoms with Gasteiger partial charge in [-0.05, 0) is 48.4 Å². The molecule has 4 nitrogen and oxygen atoms in total. The first-order chi connectivity index (χ1) is 13.5. The number of anilines is 2. The molecule has 0 aliphatic carbocycles. The van der Waals surface area contributed by atoms with Crippen LogP contribution in [0.15, 0.2) is 66.7 Å². The second-order valence-corrected chi connectivity index (χ2v) is 6.13. The van der Waals surface area contributed by atoms with Crippen LogP contribution in [0.3, 0.4) is 0 Å². The largest absolute Gasteiger partial charge is 0.322 e. The molecule has 0 spiro atoms. The van der Waals surface area contributed by atoms with Gasteiger partial charge in [-0.25, -0.2) is 8.78 Å². The third-order valence-corrected chi connectivity index (χ3v) is 4.21. The third-order valence-electron chi connectivity index (χ3n) is 4.21. The maximum atomic E-state index is 13.3. The van der Waals surface area contributed by atoms with E-state index in [9.17, 15) is 18.4 Å². The van der Waals surface area contributed by atoms with Crippen molar-refractivity contribution < 1.29 is 18.4 Å². The van der Waals surface area contributed by atoms with Crippen LogP contribution in [-0.2, 0) is 6.42 Å². The standard InChI is InChI=1S/C22H18F2N2O2/c1-2-14-6-3-4-9-20(14)26-22(28)16-8-5-7-15(12-16)21(27)25-17-10-11-18(23)19(24)13-17/h3-13H,2H2,1H3,(H,25,27)(H,26,28). The highest BCUT2D eigenvalue weighted by molar-refractivity contribution is 6.08. The maximum Gasteiger partial charge on any atom is 0.255 e. The number of rotatable bonds is 5. The Balaban J connectivity index is 1.76. The summed E-state index contributed by atoms with van der Waals surface area (Å²) in [6, 6.07) is 16.7. The quantitative estimate of drug-likeness (QED) is 0.652. The Morgan fingerprint density at radius 3 is 2.14 bits per heavy atom. The van der Waals surface area contributed by atoms with Gasteiger partial charge in [-0.2, -0.15) is 0 Å². The van der Waals surface area contributed by atoms with Gasteiger partial charge >= 0.3 is 0 Å². The van der Waals surface area contributed by atoms with E-state index in [4.69, 9.17) is 0 Å². The molecule has 2 amide bonds. The molecule has 0 saturated heterocycles. The fourth-order valence-electron chi connectivity index (χ4n) is 2.72. The molecule has 0 bridgehead atoms. The number of nitrogens with one attached hydrogen (secondary N) is 2. The van der Waals surface area contributed by atoms with Crippen molar-refractivity contribution in [1.29, 1.82) is 0 Å². The molecule has 0 radical (unpaired) electrons. The summed E-state index contributed by atoms with van der Waals surface area (Å²) in [6.45, 7) is 1.99. The average molecular weight is 380 g/mol. The molecule has 0 aliphatic heterocycles. The molecule has 6 heteroatoms. The average Bonchev–Trinajstić information content (AvgIpc) is 2.71. The van der Waals surface area contributed by atoms with E-state index in [-0.39, 0.29) is 17.2 Å². The maximum absolute atomic E-state index is 13.3. The molecule has 0 unspecified atom stereocenters. The zero-order valence-electron chi connectivity index (χ0n) is 15.1. The lowest BCUT2D eigenvalue weighted by Gasteiger charge is -2.11. The molecule has 0 aliphatic rings. The minimum absolute atomic E-state index is 0.121. The number of para-hydroxylation sites is 1. The molecule has 3 rings (SSSR count). The van der Waals surface area contributed by atoms with Crippen LogP contribution in [0.25, 0.3) is 0 Å². The van der Waals surface area contributed by atoms with Crippen molar-refractivity contribution in [2.45, 2.75) is 13.3 Å². The molecule has 0 aromatic heterocycles. The molecule has 2 N–H and O–H groups in total. The van der Waals surface area contributed by atoms with Crippen LogP contribution in [0.5, 0.6) is 0 Å². The summed E-state index contributed by atoms with van der Waals surface area (Å²) in [5.41, 5.74) is 2.37. The highest BCUT2D eigenvalue weighted by Crippen LogP contribution is 2.18. The molecule has 28 heavy (non-hydrogen) atoms. The SMILES string of the molecule is CCc1ccccc1NC(=O)c1cccc(C(=O)Nc2ccc(F)c(F)c2)c1. The zero-order chi connectivity index (χ0) is 20.1. The Morgan fingerprint density at radius 2 is 1.46 bits per heavy atom. The Kier molecular flexibility index (Phi) is 5.79. The Bertz CT molecular complexity index is 1030. The number of carbonyl (C=O) groups is 2. The third kappa shape index (κ3) is 4.40. The van der Waals surface area contributed by atoms with Crippen molar-refractivity contribution in [1.82, 2.24) is 0 Å². The van der Waals surface area contributed by atoms with Crippen LogP contribution in [0.1, 0.15) is 33.2 Å². The van der Waals surface area contributed by atoms with E-state index in [0.717, 1.165) is 24.1 Å². The van der Waals surface area contributed by atoms with Gasteiger partial charge in [0.25, 0.3) is 11.8 Å². The number of hydrogen-bond donors (Lipinski definition) is 2. The minimum atomic E-state index is -1.06. The number of benzene rings is 3. The van der Waals surface area contributed by atoms with Gasteiger partial charge in [-0.3, -0.25) is 9.59 Å². The lowest BCUT2D eigenvalue weighted by atomic mass is 10.1. The summed E-state index contributed by atoms with van der Waals surface area (Å²) < 4.78 is 26.3. The number of amides is 2. The van der Waals surface area contributed by atoms with E-state index < -0.39 is 17.5 Å². The van der Waals surface area contributed by atoms with Crippen LogP contribution in [0, 0.1) is 11.6 Å². The number of halogens is 2. The Labute approximate surface area is 161 Å². The first-order valence-corrected chi connectivity index (χ1v) is 8.73. The normalized spacial score (nSPS) is 10.4. The van der Waals surface area contributed by atoms with Gasteiger partial charge < -0.3 is 10.6 Å². The van der Waals surface area contributed by atoms with E-state index in [1.54, 1.807) is 12.1 Å². The van der Waals surface area contributed by atoms with Crippen molar-refractivity contribution in [3.05, 3.63) is 95.1 Å². The van der Waals surface area contributed by atoms with Crippen LogP contribution < -0.4 is 10.6 Å². The van der Waals surface area contributed by atoms with E-state index in [1.165, 1.54) is 18.2 Å². The molecule has 3 aromatic rings. The first kappa shape index (κ1) is 19.2. The Hall–Kier alpha value is -3.54. The van der Waals surface area contributed by atoms with Crippen molar-refractivity contribution in [3.63, 3.8) is 0 Å². The monoisotopic (exact) mass is 380 g/mol. The summed E-state index contributed by atoms with van der Waals surface area (Å²) in [7, 11) is 0. The predicted molar refractivity (Wildman–Crippen MR) is 105 cm³/mol. The molecule has 3 aromatic carbocycles. The summed E-state index contributed by atoms with van der Waals surface area (Å²) in [5, 5.41) is 5.33. The van der Waals surface area contributed by atoms with Crippen LogP contribution >= 0.6 is 0 Å². The highest BCUT2D eigenvalue weighted by atomic mass is 19.2. The lowest BCUT2D eigenvalue weighted by molar-refractivity contribution is 0.102. The summed E-state index contributed by atoms with van der Waals surface area (Å²) in [6.07, 6.45) is 0.771. The van der Waals surface area contributed by atoms with Crippen molar-refractivity contribution >= 4 is 23.2 Å². The van der Waals surface area contributed by atoms with E-state index in [2.05, 4.69) is 10.6 Å². The van der Waals surface area contributed by atoms with Gasteiger partial charge in [0.2, 0.25) is 0 Å². The predicted octanol–water partition coefficient (Wildman–Crippen LogP) is 5.03. The molecule has 0 heterocycles. The molecule has 0 atom stereocenters. The molecule has 0 saturated carbocycles. The number of hydrogen-bond acceptors (Lipinski definition) is 2. The smallest absolute Gasteiger partial charge is 0.255 e. The van der Waals surface area contributed by atoms with Crippen molar-refractivity contribution in [2.75, 3.05) is 10.6 Å². The van der Waals surface area contributed by atoms with Gasteiger partial charge in [0, 0.05) is 28.6 Å². The van der Waals surface area contributed by atoms with E-state index in [1.807, 2.05) is 31.2 Å². The summed E-state index contributed by atoms with van der Waals surface area (Å²) >= 11 is 0. The number of aryl methyl sites for hydroxylation is 1. The fourth-order valence-corrected chi connectivity index (χ4v) is 2.72. The second-order valence-electron chi connectivity index (χ2n) is 6.13. The topological polar surface area (TPSA) is 58.2 Å². The van der Waals surface area contributed by atoms with Gasteiger partial charge in [0.05, 0.1) is 0 Å². The molecular weight excluding hydrogens is 362 g/mol. The molecular formula is C22H18F2N2O2. The summed E-state index contributed by atoms with van der Waals surface area (Å²) in [5.74, 6) is -2.93. The van der Waals surface area contributed by atoms with Crippen molar-refractivity contribution in [2.24, 2.45) is 0 Å². The van der Waals surface area contributed by atoms with Gasteiger partial charge in [0.1, 0.15) is 0 Å². The van der Waals surface area contributed by atoms with Gasteiger partial charge in [-0.15, -0.1) is 0 Å². The Morgan fingerprint density at radius 1 is 0.786 bits per heavy atom. The van der Waals surface area contributed by atoms with Crippen LogP contribution in [-0.4, -0.2) is 11.8 Å². The zero-order valence-corrected chi connectivity index (χ0v) is 15.1. The van der Waals surface area contributed by atoms with Crippen molar-refractivity contribution in [3.8, 4) is 0 Å². The molecule has 142 valence electrons. The fraction of sp³-hybridized carbons (Fsp3) is 0.0909. The van der Waals surface area contributed by atoms with E-state index in [0.29, 0.717) is 11.3 Å². The lowest BCUT2D eigenvalue weighted by Crippen LogP contribution is -2.16. The van der Waals surface area contributed by atoms with E-state index >= 15 is 0 Å².